The first kappa shape index (κ1) is 24.3. The molecule has 0 aliphatic heterocycles. The molecule has 1 aromatic carbocycles. The zero-order chi connectivity index (χ0) is 24.8. The first-order chi connectivity index (χ1) is 16.0. The summed E-state index contributed by atoms with van der Waals surface area (Å²) >= 11 is 12.4. The Bertz CT molecular complexity index is 1370. The van der Waals surface area contributed by atoms with Crippen LogP contribution in [0.3, 0.4) is 0 Å². The highest BCUT2D eigenvalue weighted by Crippen LogP contribution is 2.38. The number of hydrogen-bond donors (Lipinski definition) is 1. The van der Waals surface area contributed by atoms with Crippen LogP contribution >= 0.6 is 23.2 Å². The highest BCUT2D eigenvalue weighted by Gasteiger charge is 2.32. The van der Waals surface area contributed by atoms with Crippen LogP contribution in [-0.2, 0) is 12.6 Å². The summed E-state index contributed by atoms with van der Waals surface area (Å²) in [6.45, 7) is 3.05. The molecule has 0 amide bonds. The third-order valence-electron chi connectivity index (χ3n) is 4.93. The molecule has 0 fully saturated rings. The predicted octanol–water partition coefficient (Wildman–Crippen LogP) is 6.44. The summed E-state index contributed by atoms with van der Waals surface area (Å²) < 4.78 is 66.2. The molecule has 0 saturated carbocycles. The van der Waals surface area contributed by atoms with Crippen LogP contribution in [0.2, 0.25) is 10.0 Å². The lowest BCUT2D eigenvalue weighted by molar-refractivity contribution is -0.137. The lowest BCUT2D eigenvalue weighted by atomic mass is 10.1. The standard InChI is InChI=1S/C22H17Cl2F4N3O3/c1-3-17-19(12-5-15(25)18(6-13(12)23)33-10(2)9-32)30-21(34-17)16-8-31-7-11(22(26,27)28)4-14(24)20(31)29-16/h4-8,10,32H,3,9H2,1-2H3. The third kappa shape index (κ3) is 4.57. The van der Waals surface area contributed by atoms with Gasteiger partial charge in [0.05, 0.1) is 22.2 Å². The Hall–Kier alpha value is -2.82. The number of aryl methyl sites for hydroxylation is 1. The molecule has 0 saturated heterocycles. The maximum absolute atomic E-state index is 14.7. The summed E-state index contributed by atoms with van der Waals surface area (Å²) in [5.74, 6) is -0.475. The molecule has 1 N–H and O–H groups in total. The molecule has 0 bridgehead atoms. The number of ether oxygens (including phenoxy) is 1. The highest BCUT2D eigenvalue weighted by atomic mass is 35.5. The van der Waals surface area contributed by atoms with Crippen molar-refractivity contribution in [2.45, 2.75) is 32.5 Å². The first-order valence-electron chi connectivity index (χ1n) is 10.0. The largest absolute Gasteiger partial charge is 0.485 e. The van der Waals surface area contributed by atoms with Gasteiger partial charge in [-0.1, -0.05) is 30.1 Å². The number of aromatic nitrogens is 3. The fourth-order valence-electron chi connectivity index (χ4n) is 3.28. The van der Waals surface area contributed by atoms with Crippen molar-refractivity contribution in [3.05, 3.63) is 57.8 Å². The SMILES string of the molecule is CCc1oc(-c2cn3cc(C(F)(F)F)cc(Cl)c3n2)nc1-c1cc(F)c(OC(C)CO)cc1Cl. The Morgan fingerprint density at radius 3 is 2.53 bits per heavy atom. The first-order valence-corrected chi connectivity index (χ1v) is 10.8. The van der Waals surface area contributed by atoms with Crippen molar-refractivity contribution in [3.63, 3.8) is 0 Å². The van der Waals surface area contributed by atoms with E-state index in [1.165, 1.54) is 12.3 Å². The molecule has 0 aliphatic carbocycles. The predicted molar refractivity (Wildman–Crippen MR) is 118 cm³/mol. The summed E-state index contributed by atoms with van der Waals surface area (Å²) in [7, 11) is 0. The van der Waals surface area contributed by atoms with E-state index in [2.05, 4.69) is 9.97 Å². The molecule has 0 aliphatic rings. The fraction of sp³-hybridized carbons (Fsp3) is 0.273. The number of benzene rings is 1. The molecular formula is C22H17Cl2F4N3O3. The minimum absolute atomic E-state index is 0.00544. The number of aliphatic hydroxyl groups is 1. The van der Waals surface area contributed by atoms with E-state index in [1.807, 2.05) is 0 Å². The smallest absolute Gasteiger partial charge is 0.417 e. The van der Waals surface area contributed by atoms with Crippen LogP contribution in [0.4, 0.5) is 17.6 Å². The van der Waals surface area contributed by atoms with E-state index in [9.17, 15) is 17.6 Å². The van der Waals surface area contributed by atoms with Crippen LogP contribution in [0, 0.1) is 5.82 Å². The average Bonchev–Trinajstić information content (AvgIpc) is 3.39. The van der Waals surface area contributed by atoms with Crippen molar-refractivity contribution in [3.8, 4) is 28.6 Å². The van der Waals surface area contributed by atoms with E-state index < -0.39 is 23.7 Å². The molecule has 12 heteroatoms. The Morgan fingerprint density at radius 2 is 1.88 bits per heavy atom. The van der Waals surface area contributed by atoms with E-state index in [4.69, 9.17) is 37.5 Å². The van der Waals surface area contributed by atoms with Gasteiger partial charge in [0.2, 0.25) is 5.89 Å². The van der Waals surface area contributed by atoms with Crippen molar-refractivity contribution < 1.29 is 31.8 Å². The minimum atomic E-state index is -4.58. The van der Waals surface area contributed by atoms with Crippen molar-refractivity contribution in [2.24, 2.45) is 0 Å². The zero-order valence-corrected chi connectivity index (χ0v) is 19.3. The van der Waals surface area contributed by atoms with Gasteiger partial charge in [0, 0.05) is 30.4 Å². The lowest BCUT2D eigenvalue weighted by Gasteiger charge is -2.14. The molecule has 3 heterocycles. The van der Waals surface area contributed by atoms with Gasteiger partial charge in [-0.15, -0.1) is 0 Å². The van der Waals surface area contributed by atoms with Gasteiger partial charge in [0.15, 0.2) is 17.2 Å². The molecule has 4 aromatic rings. The second kappa shape index (κ2) is 9.09. The normalized spacial score (nSPS) is 13.0. The zero-order valence-electron chi connectivity index (χ0n) is 17.8. The number of fused-ring (bicyclic) bond motifs is 1. The highest BCUT2D eigenvalue weighted by molar-refractivity contribution is 6.33. The van der Waals surface area contributed by atoms with Crippen LogP contribution in [0.25, 0.3) is 28.5 Å². The van der Waals surface area contributed by atoms with Gasteiger partial charge < -0.3 is 18.7 Å². The number of hydrogen-bond acceptors (Lipinski definition) is 5. The van der Waals surface area contributed by atoms with Crippen molar-refractivity contribution in [1.82, 2.24) is 14.4 Å². The molecule has 1 unspecified atom stereocenters. The number of alkyl halides is 3. The van der Waals surface area contributed by atoms with Crippen molar-refractivity contribution in [1.29, 1.82) is 0 Å². The maximum Gasteiger partial charge on any atom is 0.417 e. The van der Waals surface area contributed by atoms with Gasteiger partial charge in [-0.05, 0) is 19.1 Å². The summed E-state index contributed by atoms with van der Waals surface area (Å²) in [5, 5.41) is 9.05. The number of imidazole rings is 1. The quantitative estimate of drug-likeness (QED) is 0.298. The Morgan fingerprint density at radius 1 is 1.15 bits per heavy atom. The number of aliphatic hydroxyl groups excluding tert-OH is 1. The lowest BCUT2D eigenvalue weighted by Crippen LogP contribution is -2.16. The van der Waals surface area contributed by atoms with E-state index in [0.29, 0.717) is 12.2 Å². The van der Waals surface area contributed by atoms with Gasteiger partial charge >= 0.3 is 6.18 Å². The molecule has 0 spiro atoms. The number of pyridine rings is 1. The molecule has 3 aromatic heterocycles. The monoisotopic (exact) mass is 517 g/mol. The summed E-state index contributed by atoms with van der Waals surface area (Å²) in [6.07, 6.45) is -2.69. The van der Waals surface area contributed by atoms with Gasteiger partial charge in [0.25, 0.3) is 0 Å². The Labute approximate surface area is 200 Å². The molecule has 0 radical (unpaired) electrons. The van der Waals surface area contributed by atoms with E-state index >= 15 is 0 Å². The summed E-state index contributed by atoms with van der Waals surface area (Å²) in [5.41, 5.74) is -0.226. The molecule has 34 heavy (non-hydrogen) atoms. The van der Waals surface area contributed by atoms with E-state index in [0.717, 1.165) is 22.7 Å². The number of rotatable bonds is 6. The van der Waals surface area contributed by atoms with Crippen molar-refractivity contribution in [2.75, 3.05) is 6.61 Å². The number of nitrogens with zero attached hydrogens (tertiary/aromatic N) is 3. The number of halogens is 6. The van der Waals surface area contributed by atoms with Gasteiger partial charge in [-0.3, -0.25) is 0 Å². The Kier molecular flexibility index (Phi) is 6.50. The minimum Gasteiger partial charge on any atom is -0.485 e. The fourth-order valence-corrected chi connectivity index (χ4v) is 3.78. The molecule has 4 rings (SSSR count). The average molecular weight is 518 g/mol. The van der Waals surface area contributed by atoms with Crippen LogP contribution in [0.1, 0.15) is 25.2 Å². The summed E-state index contributed by atoms with van der Waals surface area (Å²) in [6, 6.07) is 3.20. The van der Waals surface area contributed by atoms with Crippen LogP contribution in [-0.4, -0.2) is 32.2 Å². The van der Waals surface area contributed by atoms with Gasteiger partial charge in [0.1, 0.15) is 23.3 Å². The second-order valence-electron chi connectivity index (χ2n) is 7.45. The summed E-state index contributed by atoms with van der Waals surface area (Å²) in [4.78, 5) is 8.63. The van der Waals surface area contributed by atoms with Crippen LogP contribution in [0.15, 0.2) is 35.0 Å². The topological polar surface area (TPSA) is 72.8 Å². The van der Waals surface area contributed by atoms with Gasteiger partial charge in [-0.25, -0.2) is 14.4 Å². The Balaban J connectivity index is 1.78. The van der Waals surface area contributed by atoms with Crippen LogP contribution < -0.4 is 4.74 Å². The van der Waals surface area contributed by atoms with E-state index in [-0.39, 0.29) is 50.9 Å². The van der Waals surface area contributed by atoms with Gasteiger partial charge in [-0.2, -0.15) is 13.2 Å². The second-order valence-corrected chi connectivity index (χ2v) is 8.26. The molecule has 6 nitrogen and oxygen atoms in total. The molecule has 1 atom stereocenters. The van der Waals surface area contributed by atoms with E-state index in [1.54, 1.807) is 13.8 Å². The third-order valence-corrected chi connectivity index (χ3v) is 5.52. The van der Waals surface area contributed by atoms with Crippen LogP contribution in [0.5, 0.6) is 5.75 Å². The molecule has 180 valence electrons. The number of oxazole rings is 1. The maximum atomic E-state index is 14.7. The van der Waals surface area contributed by atoms with Crippen molar-refractivity contribution >= 4 is 28.8 Å². The molecular weight excluding hydrogens is 501 g/mol.